The van der Waals surface area contributed by atoms with Gasteiger partial charge in [0.2, 0.25) is 0 Å². The van der Waals surface area contributed by atoms with E-state index in [0.717, 1.165) is 9.79 Å². The van der Waals surface area contributed by atoms with Crippen molar-refractivity contribution in [1.29, 1.82) is 5.26 Å². The van der Waals surface area contributed by atoms with E-state index in [4.69, 9.17) is 14.7 Å². The molecule has 0 aliphatic carbocycles. The van der Waals surface area contributed by atoms with Gasteiger partial charge < -0.3 is 9.47 Å². The van der Waals surface area contributed by atoms with Gasteiger partial charge in [-0.3, -0.25) is 0 Å². The summed E-state index contributed by atoms with van der Waals surface area (Å²) in [7, 11) is 2.85. The van der Waals surface area contributed by atoms with Gasteiger partial charge >= 0.3 is 5.97 Å². The van der Waals surface area contributed by atoms with E-state index >= 15 is 0 Å². The van der Waals surface area contributed by atoms with Gasteiger partial charge in [0.15, 0.2) is 0 Å². The minimum Gasteiger partial charge on any atom is -0.496 e. The zero-order valence-corrected chi connectivity index (χ0v) is 12.4. The molecule has 21 heavy (non-hydrogen) atoms. The fraction of sp³-hybridized carbons (Fsp3) is 0.125. The molecule has 0 bridgehead atoms. The fourth-order valence-corrected chi connectivity index (χ4v) is 2.59. The first-order valence-electron chi connectivity index (χ1n) is 6.12. The minimum atomic E-state index is -0.429. The topological polar surface area (TPSA) is 59.3 Å². The van der Waals surface area contributed by atoms with Crippen LogP contribution >= 0.6 is 11.8 Å². The summed E-state index contributed by atoms with van der Waals surface area (Å²) in [6.07, 6.45) is 0. The van der Waals surface area contributed by atoms with Crippen LogP contribution in [0.4, 0.5) is 0 Å². The van der Waals surface area contributed by atoms with Crippen LogP contribution < -0.4 is 4.74 Å². The molecule has 0 aliphatic heterocycles. The Morgan fingerprint density at radius 1 is 1.10 bits per heavy atom. The lowest BCUT2D eigenvalue weighted by molar-refractivity contribution is 0.0597. The first kappa shape index (κ1) is 14.9. The van der Waals surface area contributed by atoms with Crippen molar-refractivity contribution in [3.8, 4) is 11.8 Å². The fourth-order valence-electron chi connectivity index (χ4n) is 1.75. The molecule has 0 amide bonds. The smallest absolute Gasteiger partial charge is 0.341 e. The molecular formula is C16H13NO3S. The Morgan fingerprint density at radius 3 is 2.33 bits per heavy atom. The van der Waals surface area contributed by atoms with Crippen molar-refractivity contribution in [2.24, 2.45) is 0 Å². The molecule has 0 fully saturated rings. The number of rotatable bonds is 4. The summed E-state index contributed by atoms with van der Waals surface area (Å²) in [4.78, 5) is 13.5. The molecule has 0 radical (unpaired) electrons. The quantitative estimate of drug-likeness (QED) is 0.809. The molecular weight excluding hydrogens is 286 g/mol. The van der Waals surface area contributed by atoms with Gasteiger partial charge in [-0.25, -0.2) is 4.79 Å². The number of ether oxygens (including phenoxy) is 2. The van der Waals surface area contributed by atoms with E-state index in [9.17, 15) is 4.79 Å². The second-order valence-electron chi connectivity index (χ2n) is 4.09. The summed E-state index contributed by atoms with van der Waals surface area (Å²) in [5, 5.41) is 8.78. The highest BCUT2D eigenvalue weighted by atomic mass is 32.2. The molecule has 2 aromatic rings. The van der Waals surface area contributed by atoms with Crippen LogP contribution in [0.5, 0.6) is 5.75 Å². The van der Waals surface area contributed by atoms with Gasteiger partial charge in [-0.15, -0.1) is 0 Å². The number of benzene rings is 2. The summed E-state index contributed by atoms with van der Waals surface area (Å²) in [5.41, 5.74) is 1.02. The number of carbonyl (C=O) groups is 1. The molecule has 0 atom stereocenters. The van der Waals surface area contributed by atoms with E-state index in [1.54, 1.807) is 24.3 Å². The number of esters is 1. The van der Waals surface area contributed by atoms with Gasteiger partial charge in [0.05, 0.1) is 25.9 Å². The van der Waals surface area contributed by atoms with Gasteiger partial charge in [-0.1, -0.05) is 11.8 Å². The van der Waals surface area contributed by atoms with Crippen molar-refractivity contribution >= 4 is 17.7 Å². The maximum atomic E-state index is 11.6. The Labute approximate surface area is 127 Å². The number of carbonyl (C=O) groups excluding carboxylic acids is 1. The monoisotopic (exact) mass is 299 g/mol. The van der Waals surface area contributed by atoms with Crippen LogP contribution in [0, 0.1) is 11.3 Å². The standard InChI is InChI=1S/C16H13NO3S/c1-19-15-9-13(7-8-14(15)16(18)20-2)21-12-5-3-11(10-17)4-6-12/h3-9H,1-2H3. The van der Waals surface area contributed by atoms with Gasteiger partial charge in [0, 0.05) is 9.79 Å². The molecule has 5 heteroatoms. The average Bonchev–Trinajstić information content (AvgIpc) is 2.54. The van der Waals surface area contributed by atoms with Crippen LogP contribution in [0.2, 0.25) is 0 Å². The molecule has 4 nitrogen and oxygen atoms in total. The van der Waals surface area contributed by atoms with E-state index in [-0.39, 0.29) is 0 Å². The summed E-state index contributed by atoms with van der Waals surface area (Å²) in [6, 6.07) is 14.7. The predicted molar refractivity (Wildman–Crippen MR) is 79.6 cm³/mol. The lowest BCUT2D eigenvalue weighted by atomic mass is 10.2. The Kier molecular flexibility index (Phi) is 4.85. The van der Waals surface area contributed by atoms with Crippen LogP contribution in [0.25, 0.3) is 0 Å². The molecule has 0 aliphatic rings. The Hall–Kier alpha value is -2.45. The van der Waals surface area contributed by atoms with Crippen molar-refractivity contribution in [3.05, 3.63) is 53.6 Å². The molecule has 0 spiro atoms. The first-order valence-corrected chi connectivity index (χ1v) is 6.94. The van der Waals surface area contributed by atoms with E-state index in [1.807, 2.05) is 18.2 Å². The van der Waals surface area contributed by atoms with Crippen molar-refractivity contribution < 1.29 is 14.3 Å². The van der Waals surface area contributed by atoms with Crippen molar-refractivity contribution in [2.75, 3.05) is 14.2 Å². The zero-order chi connectivity index (χ0) is 15.2. The number of hydrogen-bond acceptors (Lipinski definition) is 5. The van der Waals surface area contributed by atoms with E-state index in [2.05, 4.69) is 6.07 Å². The van der Waals surface area contributed by atoms with Gasteiger partial charge in [-0.05, 0) is 42.5 Å². The molecule has 0 saturated carbocycles. The van der Waals surface area contributed by atoms with Crippen molar-refractivity contribution in [2.45, 2.75) is 9.79 Å². The van der Waals surface area contributed by atoms with Gasteiger partial charge in [0.1, 0.15) is 11.3 Å². The highest BCUT2D eigenvalue weighted by Gasteiger charge is 2.13. The molecule has 0 N–H and O–H groups in total. The highest BCUT2D eigenvalue weighted by Crippen LogP contribution is 2.32. The summed E-state index contributed by atoms with van der Waals surface area (Å²) >= 11 is 1.52. The molecule has 0 heterocycles. The molecule has 2 rings (SSSR count). The Balaban J connectivity index is 2.24. The van der Waals surface area contributed by atoms with Gasteiger partial charge in [-0.2, -0.15) is 5.26 Å². The van der Waals surface area contributed by atoms with Crippen LogP contribution in [0.15, 0.2) is 52.3 Å². The van der Waals surface area contributed by atoms with Crippen LogP contribution in [0.3, 0.4) is 0 Å². The average molecular weight is 299 g/mol. The van der Waals surface area contributed by atoms with Gasteiger partial charge in [0.25, 0.3) is 0 Å². The lowest BCUT2D eigenvalue weighted by Gasteiger charge is -2.09. The second-order valence-corrected chi connectivity index (χ2v) is 5.24. The van der Waals surface area contributed by atoms with E-state index in [1.165, 1.54) is 26.0 Å². The van der Waals surface area contributed by atoms with Crippen molar-refractivity contribution in [1.82, 2.24) is 0 Å². The van der Waals surface area contributed by atoms with E-state index in [0.29, 0.717) is 16.9 Å². The van der Waals surface area contributed by atoms with Crippen LogP contribution in [0.1, 0.15) is 15.9 Å². The third kappa shape index (κ3) is 3.56. The van der Waals surface area contributed by atoms with Crippen LogP contribution in [-0.2, 0) is 4.74 Å². The number of methoxy groups -OCH3 is 2. The summed E-state index contributed by atoms with van der Waals surface area (Å²) in [5.74, 6) is 0.0438. The Morgan fingerprint density at radius 2 is 1.76 bits per heavy atom. The largest absolute Gasteiger partial charge is 0.496 e. The SMILES string of the molecule is COC(=O)c1ccc(Sc2ccc(C#N)cc2)cc1OC. The molecule has 106 valence electrons. The first-order chi connectivity index (χ1) is 10.2. The van der Waals surface area contributed by atoms with E-state index < -0.39 is 5.97 Å². The maximum Gasteiger partial charge on any atom is 0.341 e. The maximum absolute atomic E-state index is 11.6. The Bertz CT molecular complexity index is 690. The summed E-state index contributed by atoms with van der Waals surface area (Å²) < 4.78 is 9.93. The number of nitriles is 1. The second kappa shape index (κ2) is 6.82. The third-order valence-electron chi connectivity index (χ3n) is 2.80. The number of hydrogen-bond donors (Lipinski definition) is 0. The predicted octanol–water partition coefficient (Wildman–Crippen LogP) is 3.50. The van der Waals surface area contributed by atoms with Crippen molar-refractivity contribution in [3.63, 3.8) is 0 Å². The molecule has 2 aromatic carbocycles. The molecule has 0 saturated heterocycles. The molecule has 0 unspecified atom stereocenters. The summed E-state index contributed by atoms with van der Waals surface area (Å²) in [6.45, 7) is 0. The zero-order valence-electron chi connectivity index (χ0n) is 11.6. The highest BCUT2D eigenvalue weighted by molar-refractivity contribution is 7.99. The number of nitrogens with zero attached hydrogens (tertiary/aromatic N) is 1. The molecule has 0 aromatic heterocycles. The normalized spacial score (nSPS) is 9.76. The lowest BCUT2D eigenvalue weighted by Crippen LogP contribution is -2.03. The van der Waals surface area contributed by atoms with Crippen LogP contribution in [-0.4, -0.2) is 20.2 Å². The third-order valence-corrected chi connectivity index (χ3v) is 3.79. The minimum absolute atomic E-state index is 0.393.